The van der Waals surface area contributed by atoms with E-state index in [1.165, 1.54) is 31.5 Å². The van der Waals surface area contributed by atoms with E-state index in [1.54, 1.807) is 0 Å². The summed E-state index contributed by atoms with van der Waals surface area (Å²) in [5, 5.41) is 0. The molecule has 0 saturated carbocycles. The minimum Gasteiger partial charge on any atom is -0.351 e. The Bertz CT molecular complexity index is 403. The van der Waals surface area contributed by atoms with Crippen LogP contribution < -0.4 is 5.73 Å². The van der Waals surface area contributed by atoms with Crippen LogP contribution in [0.25, 0.3) is 0 Å². The van der Waals surface area contributed by atoms with E-state index in [2.05, 4.69) is 9.72 Å². The van der Waals surface area contributed by atoms with Crippen molar-refractivity contribution in [3.63, 3.8) is 0 Å². The first-order valence-corrected chi connectivity index (χ1v) is 5.48. The number of pyridine rings is 1. The molecular weight excluding hydrogens is 290 g/mol. The fourth-order valence-corrected chi connectivity index (χ4v) is 1.55. The van der Waals surface area contributed by atoms with Gasteiger partial charge in [-0.05, 0) is 24.6 Å². The summed E-state index contributed by atoms with van der Waals surface area (Å²) in [7, 11) is 0. The van der Waals surface area contributed by atoms with E-state index in [4.69, 9.17) is 5.73 Å². The van der Waals surface area contributed by atoms with Gasteiger partial charge in [0.25, 0.3) is 0 Å². The maximum atomic E-state index is 12.5. The summed E-state index contributed by atoms with van der Waals surface area (Å²) < 4.78 is 79.0. The van der Waals surface area contributed by atoms with Crippen molar-refractivity contribution in [1.29, 1.82) is 0 Å². The molecule has 3 nitrogen and oxygen atoms in total. The molecule has 1 aromatic heterocycles. The third-order valence-electron chi connectivity index (χ3n) is 2.39. The van der Waals surface area contributed by atoms with Crippen molar-refractivity contribution in [3.05, 3.63) is 30.1 Å². The van der Waals surface area contributed by atoms with Crippen molar-refractivity contribution in [2.24, 2.45) is 5.73 Å². The second-order valence-corrected chi connectivity index (χ2v) is 4.16. The van der Waals surface area contributed by atoms with Crippen molar-refractivity contribution in [1.82, 2.24) is 4.98 Å². The second-order valence-electron chi connectivity index (χ2n) is 4.16. The number of halogens is 6. The molecule has 9 heteroatoms. The maximum absolute atomic E-state index is 12.5. The average molecular weight is 302 g/mol. The first-order chi connectivity index (χ1) is 9.03. The van der Waals surface area contributed by atoms with Crippen molar-refractivity contribution in [2.75, 3.05) is 0 Å². The van der Waals surface area contributed by atoms with E-state index >= 15 is 0 Å². The summed E-state index contributed by atoms with van der Waals surface area (Å²) in [6.07, 6.45) is -14.1. The fraction of sp³-hybridized carbons (Fsp3) is 0.545. The first-order valence-electron chi connectivity index (χ1n) is 5.48. The van der Waals surface area contributed by atoms with E-state index in [9.17, 15) is 26.3 Å². The highest BCUT2D eigenvalue weighted by Crippen LogP contribution is 2.39. The van der Waals surface area contributed by atoms with Gasteiger partial charge in [0.05, 0.1) is 6.10 Å². The van der Waals surface area contributed by atoms with Gasteiger partial charge in [-0.2, -0.15) is 26.3 Å². The molecule has 1 aromatic rings. The van der Waals surface area contributed by atoms with E-state index in [-0.39, 0.29) is 5.56 Å². The summed E-state index contributed by atoms with van der Waals surface area (Å²) in [6.45, 7) is 1.26. The zero-order valence-corrected chi connectivity index (χ0v) is 10.2. The lowest BCUT2D eigenvalue weighted by atomic mass is 10.1. The largest absolute Gasteiger partial charge is 0.423 e. The minimum atomic E-state index is -5.57. The van der Waals surface area contributed by atoms with Crippen LogP contribution in [0.3, 0.4) is 0 Å². The van der Waals surface area contributed by atoms with E-state index < -0.39 is 30.6 Å². The zero-order chi connectivity index (χ0) is 15.6. The lowest BCUT2D eigenvalue weighted by Gasteiger charge is -2.30. The van der Waals surface area contributed by atoms with Gasteiger partial charge in [0.15, 0.2) is 0 Å². The van der Waals surface area contributed by atoms with Crippen LogP contribution in [0.1, 0.15) is 18.6 Å². The molecule has 2 unspecified atom stereocenters. The topological polar surface area (TPSA) is 48.1 Å². The molecule has 0 aromatic carbocycles. The van der Waals surface area contributed by atoms with Gasteiger partial charge in [0.1, 0.15) is 0 Å². The van der Waals surface area contributed by atoms with Gasteiger partial charge in [0.2, 0.25) is 6.10 Å². The predicted octanol–water partition coefficient (Wildman–Crippen LogP) is 2.98. The monoisotopic (exact) mass is 302 g/mol. The molecule has 0 spiro atoms. The predicted molar refractivity (Wildman–Crippen MR) is 57.6 cm³/mol. The Hall–Kier alpha value is -1.35. The van der Waals surface area contributed by atoms with Gasteiger partial charge in [-0.3, -0.25) is 4.98 Å². The molecule has 0 bridgehead atoms. The number of ether oxygens (including phenoxy) is 1. The van der Waals surface area contributed by atoms with E-state index in [0.29, 0.717) is 0 Å². The number of hydrogen-bond donors (Lipinski definition) is 1. The zero-order valence-electron chi connectivity index (χ0n) is 10.2. The van der Waals surface area contributed by atoms with Crippen LogP contribution in [0.4, 0.5) is 26.3 Å². The van der Waals surface area contributed by atoms with Crippen LogP contribution in [-0.4, -0.2) is 29.5 Å². The van der Waals surface area contributed by atoms with Crippen LogP contribution >= 0.6 is 0 Å². The molecule has 1 rings (SSSR count). The van der Waals surface area contributed by atoms with Gasteiger partial charge in [0, 0.05) is 18.4 Å². The van der Waals surface area contributed by atoms with Gasteiger partial charge in [-0.25, -0.2) is 0 Å². The number of alkyl halides is 6. The molecule has 0 aliphatic rings. The molecule has 0 aliphatic heterocycles. The SMILES string of the molecule is CC(N)C(OC(C(F)(F)F)C(F)(F)F)c1ccncc1. The van der Waals surface area contributed by atoms with Gasteiger partial charge in [-0.1, -0.05) is 0 Å². The molecule has 114 valence electrons. The molecule has 0 amide bonds. The lowest BCUT2D eigenvalue weighted by Crippen LogP contribution is -2.47. The quantitative estimate of drug-likeness (QED) is 0.870. The molecule has 0 saturated heterocycles. The molecule has 0 radical (unpaired) electrons. The van der Waals surface area contributed by atoms with E-state index in [1.807, 2.05) is 0 Å². The Morgan fingerprint density at radius 1 is 1.05 bits per heavy atom. The van der Waals surface area contributed by atoms with Crippen LogP contribution in [0.5, 0.6) is 0 Å². The van der Waals surface area contributed by atoms with Crippen molar-refractivity contribution < 1.29 is 31.1 Å². The Labute approximate surface area is 110 Å². The molecule has 0 fully saturated rings. The Balaban J connectivity index is 3.05. The second kappa shape index (κ2) is 5.96. The van der Waals surface area contributed by atoms with Crippen LogP contribution in [0.2, 0.25) is 0 Å². The standard InChI is InChI=1S/C11H12F6N2O/c1-6(18)8(7-2-4-19-5-3-7)20-9(10(12,13)14)11(15,16)17/h2-6,8-9H,18H2,1H3. The number of rotatable bonds is 4. The van der Waals surface area contributed by atoms with Crippen molar-refractivity contribution >= 4 is 0 Å². The smallest absolute Gasteiger partial charge is 0.351 e. The molecule has 2 atom stereocenters. The highest BCUT2D eigenvalue weighted by atomic mass is 19.4. The Morgan fingerprint density at radius 3 is 1.85 bits per heavy atom. The summed E-state index contributed by atoms with van der Waals surface area (Å²) >= 11 is 0. The fourth-order valence-electron chi connectivity index (χ4n) is 1.55. The number of hydrogen-bond acceptors (Lipinski definition) is 3. The average Bonchev–Trinajstić information content (AvgIpc) is 2.26. The van der Waals surface area contributed by atoms with Crippen LogP contribution in [0, 0.1) is 0 Å². The number of nitrogens with zero attached hydrogens (tertiary/aromatic N) is 1. The summed E-state index contributed by atoms with van der Waals surface area (Å²) in [4.78, 5) is 3.62. The summed E-state index contributed by atoms with van der Waals surface area (Å²) in [5.41, 5.74) is 5.51. The van der Waals surface area contributed by atoms with Crippen LogP contribution in [-0.2, 0) is 4.74 Å². The van der Waals surface area contributed by atoms with Crippen molar-refractivity contribution in [3.8, 4) is 0 Å². The third-order valence-corrected chi connectivity index (χ3v) is 2.39. The Kier molecular flexibility index (Phi) is 4.98. The molecule has 2 N–H and O–H groups in total. The van der Waals surface area contributed by atoms with Crippen LogP contribution in [0.15, 0.2) is 24.5 Å². The first kappa shape index (κ1) is 16.7. The van der Waals surface area contributed by atoms with Gasteiger partial charge in [-0.15, -0.1) is 0 Å². The lowest BCUT2D eigenvalue weighted by molar-refractivity contribution is -0.333. The minimum absolute atomic E-state index is 0.0912. The Morgan fingerprint density at radius 2 is 1.50 bits per heavy atom. The van der Waals surface area contributed by atoms with Gasteiger partial charge < -0.3 is 10.5 Å². The van der Waals surface area contributed by atoms with E-state index in [0.717, 1.165) is 0 Å². The summed E-state index contributed by atoms with van der Waals surface area (Å²) in [5.74, 6) is 0. The molecule has 1 heterocycles. The third kappa shape index (κ3) is 4.34. The number of nitrogens with two attached hydrogens (primary N) is 1. The highest BCUT2D eigenvalue weighted by Gasteiger charge is 2.59. The molecule has 0 aliphatic carbocycles. The number of aromatic nitrogens is 1. The van der Waals surface area contributed by atoms with Gasteiger partial charge >= 0.3 is 12.4 Å². The molecule has 20 heavy (non-hydrogen) atoms. The normalized spacial score (nSPS) is 16.2. The van der Waals surface area contributed by atoms with Crippen molar-refractivity contribution in [2.45, 2.75) is 37.5 Å². The highest BCUT2D eigenvalue weighted by molar-refractivity contribution is 5.15. The maximum Gasteiger partial charge on any atom is 0.423 e. The summed E-state index contributed by atoms with van der Waals surface area (Å²) in [6, 6.07) is 1.43. The molecular formula is C11H12F6N2O.